The first-order chi connectivity index (χ1) is 13.0. The highest BCUT2D eigenvalue weighted by molar-refractivity contribution is 6.32. The molecule has 2 aromatic rings. The second-order valence-corrected chi connectivity index (χ2v) is 7.32. The predicted molar refractivity (Wildman–Crippen MR) is 103 cm³/mol. The number of carbonyl (C=O) groups excluding carboxylic acids is 1. The van der Waals surface area contributed by atoms with Crippen LogP contribution in [0.4, 0.5) is 5.69 Å². The van der Waals surface area contributed by atoms with Crippen molar-refractivity contribution < 1.29 is 14.1 Å². The number of anilines is 1. The van der Waals surface area contributed by atoms with E-state index < -0.39 is 0 Å². The van der Waals surface area contributed by atoms with Crippen LogP contribution in [0.1, 0.15) is 37.4 Å². The summed E-state index contributed by atoms with van der Waals surface area (Å²) in [7, 11) is 1.56. The van der Waals surface area contributed by atoms with Gasteiger partial charge in [0.15, 0.2) is 5.82 Å². The first-order valence-corrected chi connectivity index (χ1v) is 9.56. The number of benzene rings is 1. The summed E-state index contributed by atoms with van der Waals surface area (Å²) in [6.45, 7) is 4.46. The van der Waals surface area contributed by atoms with Gasteiger partial charge in [-0.3, -0.25) is 9.69 Å². The standard InChI is InChI=1S/C19H25ClN4O3/c1-13-21-19(27-23-13)12-24-9-3-4-14(11-24)5-8-18(25)22-15-6-7-17(26-2)16(20)10-15/h6-7,10,14H,3-5,8-9,11-12H2,1-2H3,(H,22,25)/t14-/m0/s1. The van der Waals surface area contributed by atoms with Crippen LogP contribution in [0.5, 0.6) is 5.75 Å². The van der Waals surface area contributed by atoms with Gasteiger partial charge in [0.25, 0.3) is 0 Å². The number of hydrogen-bond donors (Lipinski definition) is 1. The molecule has 1 N–H and O–H groups in total. The zero-order valence-electron chi connectivity index (χ0n) is 15.7. The van der Waals surface area contributed by atoms with Crippen LogP contribution in [-0.4, -0.2) is 41.1 Å². The molecule has 1 aromatic carbocycles. The lowest BCUT2D eigenvalue weighted by atomic mass is 9.93. The molecule has 1 atom stereocenters. The van der Waals surface area contributed by atoms with Crippen molar-refractivity contribution in [3.05, 3.63) is 34.9 Å². The number of nitrogens with zero attached hydrogens (tertiary/aromatic N) is 3. The van der Waals surface area contributed by atoms with E-state index in [2.05, 4.69) is 20.4 Å². The summed E-state index contributed by atoms with van der Waals surface area (Å²) in [5.41, 5.74) is 0.683. The molecule has 1 aromatic heterocycles. The van der Waals surface area contributed by atoms with Gasteiger partial charge in [-0.05, 0) is 56.8 Å². The van der Waals surface area contributed by atoms with E-state index in [1.807, 2.05) is 6.92 Å². The maximum Gasteiger partial charge on any atom is 0.240 e. The summed E-state index contributed by atoms with van der Waals surface area (Å²) in [6, 6.07) is 5.24. The number of carbonyl (C=O) groups is 1. The van der Waals surface area contributed by atoms with Crippen molar-refractivity contribution >= 4 is 23.2 Å². The van der Waals surface area contributed by atoms with Crippen molar-refractivity contribution in [2.24, 2.45) is 5.92 Å². The van der Waals surface area contributed by atoms with Crippen LogP contribution in [0.25, 0.3) is 0 Å². The average Bonchev–Trinajstić information content (AvgIpc) is 3.05. The lowest BCUT2D eigenvalue weighted by molar-refractivity contribution is -0.116. The van der Waals surface area contributed by atoms with Crippen LogP contribution >= 0.6 is 11.6 Å². The van der Waals surface area contributed by atoms with Crippen molar-refractivity contribution in [2.45, 2.75) is 39.2 Å². The van der Waals surface area contributed by atoms with E-state index in [0.29, 0.717) is 47.1 Å². The first kappa shape index (κ1) is 19.6. The molecule has 0 bridgehead atoms. The van der Waals surface area contributed by atoms with Crippen LogP contribution in [0.2, 0.25) is 5.02 Å². The number of aromatic nitrogens is 2. The zero-order valence-corrected chi connectivity index (χ0v) is 16.5. The molecular formula is C19H25ClN4O3. The summed E-state index contributed by atoms with van der Waals surface area (Å²) < 4.78 is 10.3. The fourth-order valence-corrected chi connectivity index (χ4v) is 3.69. The molecular weight excluding hydrogens is 368 g/mol. The van der Waals surface area contributed by atoms with Crippen molar-refractivity contribution in [1.82, 2.24) is 15.0 Å². The highest BCUT2D eigenvalue weighted by atomic mass is 35.5. The monoisotopic (exact) mass is 392 g/mol. The molecule has 1 aliphatic heterocycles. The van der Waals surface area contributed by atoms with Crippen LogP contribution in [-0.2, 0) is 11.3 Å². The van der Waals surface area contributed by atoms with Crippen molar-refractivity contribution in [1.29, 1.82) is 0 Å². The lowest BCUT2D eigenvalue weighted by Crippen LogP contribution is -2.35. The molecule has 1 aliphatic rings. The summed E-state index contributed by atoms with van der Waals surface area (Å²) >= 11 is 6.10. The Kier molecular flexibility index (Phi) is 6.68. The quantitative estimate of drug-likeness (QED) is 0.774. The molecule has 7 nitrogen and oxygen atoms in total. The molecule has 1 fully saturated rings. The Morgan fingerprint density at radius 1 is 1.48 bits per heavy atom. The van der Waals surface area contributed by atoms with Crippen molar-refractivity contribution in [3.8, 4) is 5.75 Å². The largest absolute Gasteiger partial charge is 0.495 e. The number of aryl methyl sites for hydroxylation is 1. The van der Waals surface area contributed by atoms with E-state index >= 15 is 0 Å². The van der Waals surface area contributed by atoms with Gasteiger partial charge in [-0.25, -0.2) is 0 Å². The minimum atomic E-state index is 0.000818. The van der Waals surface area contributed by atoms with Gasteiger partial charge in [0, 0.05) is 18.7 Å². The molecule has 0 radical (unpaired) electrons. The molecule has 2 heterocycles. The van der Waals surface area contributed by atoms with Crippen molar-refractivity contribution in [3.63, 3.8) is 0 Å². The average molecular weight is 393 g/mol. The molecule has 0 unspecified atom stereocenters. The Hall–Kier alpha value is -2.12. The van der Waals surface area contributed by atoms with E-state index in [-0.39, 0.29) is 5.91 Å². The van der Waals surface area contributed by atoms with Gasteiger partial charge >= 0.3 is 0 Å². The third kappa shape index (κ3) is 5.68. The molecule has 1 saturated heterocycles. The number of rotatable bonds is 7. The number of hydrogen-bond acceptors (Lipinski definition) is 6. The maximum atomic E-state index is 12.3. The minimum absolute atomic E-state index is 0.000818. The first-order valence-electron chi connectivity index (χ1n) is 9.18. The zero-order chi connectivity index (χ0) is 19.2. The summed E-state index contributed by atoms with van der Waals surface area (Å²) in [5, 5.41) is 7.22. The number of likely N-dealkylation sites (tertiary alicyclic amines) is 1. The Morgan fingerprint density at radius 3 is 3.04 bits per heavy atom. The van der Waals surface area contributed by atoms with Gasteiger partial charge in [-0.1, -0.05) is 16.8 Å². The van der Waals surface area contributed by atoms with Gasteiger partial charge in [0.2, 0.25) is 11.8 Å². The van der Waals surface area contributed by atoms with Gasteiger partial charge in [-0.2, -0.15) is 4.98 Å². The number of nitrogens with one attached hydrogen (secondary N) is 1. The van der Waals surface area contributed by atoms with Gasteiger partial charge < -0.3 is 14.6 Å². The fourth-order valence-electron chi connectivity index (χ4n) is 3.43. The molecule has 1 amide bonds. The topological polar surface area (TPSA) is 80.5 Å². The normalized spacial score (nSPS) is 17.7. The fraction of sp³-hybridized carbons (Fsp3) is 0.526. The molecule has 27 heavy (non-hydrogen) atoms. The second-order valence-electron chi connectivity index (χ2n) is 6.91. The Bertz CT molecular complexity index is 780. The molecule has 0 aliphatic carbocycles. The van der Waals surface area contributed by atoms with Gasteiger partial charge in [0.05, 0.1) is 18.7 Å². The number of methoxy groups -OCH3 is 1. The van der Waals surface area contributed by atoms with E-state index in [0.717, 1.165) is 32.4 Å². The molecule has 0 spiro atoms. The van der Waals surface area contributed by atoms with E-state index in [1.165, 1.54) is 0 Å². The van der Waals surface area contributed by atoms with E-state index in [1.54, 1.807) is 25.3 Å². The molecule has 0 saturated carbocycles. The number of amides is 1. The van der Waals surface area contributed by atoms with E-state index in [9.17, 15) is 4.79 Å². The Morgan fingerprint density at radius 2 is 2.33 bits per heavy atom. The molecule has 146 valence electrons. The van der Waals surface area contributed by atoms with Gasteiger partial charge in [-0.15, -0.1) is 0 Å². The third-order valence-electron chi connectivity index (χ3n) is 4.75. The Balaban J connectivity index is 1.44. The SMILES string of the molecule is COc1ccc(NC(=O)CC[C@@H]2CCCN(Cc3nc(C)no3)C2)cc1Cl. The summed E-state index contributed by atoms with van der Waals surface area (Å²) in [4.78, 5) is 18.9. The predicted octanol–water partition coefficient (Wildman–Crippen LogP) is 3.67. The second kappa shape index (κ2) is 9.19. The minimum Gasteiger partial charge on any atom is -0.495 e. The van der Waals surface area contributed by atoms with Crippen LogP contribution < -0.4 is 10.1 Å². The highest BCUT2D eigenvalue weighted by Crippen LogP contribution is 2.27. The highest BCUT2D eigenvalue weighted by Gasteiger charge is 2.22. The van der Waals surface area contributed by atoms with Crippen LogP contribution in [0.15, 0.2) is 22.7 Å². The third-order valence-corrected chi connectivity index (χ3v) is 5.04. The lowest BCUT2D eigenvalue weighted by Gasteiger charge is -2.31. The molecule has 3 rings (SSSR count). The van der Waals surface area contributed by atoms with E-state index in [4.69, 9.17) is 20.9 Å². The number of halogens is 1. The number of ether oxygens (including phenoxy) is 1. The maximum absolute atomic E-state index is 12.3. The van der Waals surface area contributed by atoms with Crippen molar-refractivity contribution in [2.75, 3.05) is 25.5 Å². The molecule has 8 heteroatoms. The van der Waals surface area contributed by atoms with Crippen LogP contribution in [0, 0.1) is 12.8 Å². The summed E-state index contributed by atoms with van der Waals surface area (Å²) in [6.07, 6.45) is 3.60. The number of piperidine rings is 1. The smallest absolute Gasteiger partial charge is 0.240 e. The van der Waals surface area contributed by atoms with Gasteiger partial charge in [0.1, 0.15) is 5.75 Å². The van der Waals surface area contributed by atoms with Crippen LogP contribution in [0.3, 0.4) is 0 Å². The summed E-state index contributed by atoms with van der Waals surface area (Å²) in [5.74, 6) is 2.40. The Labute approximate surface area is 164 Å².